The Kier molecular flexibility index (Phi) is 12.6. The van der Waals surface area contributed by atoms with E-state index in [4.69, 9.17) is 34.3 Å². The van der Waals surface area contributed by atoms with Crippen molar-refractivity contribution in [2.75, 3.05) is 17.2 Å². The number of nitrogen functional groups attached to an aromatic ring is 3. The minimum Gasteiger partial charge on any atom is -0.391 e. The predicted octanol–water partition coefficient (Wildman–Crippen LogP) is -1.72. The van der Waals surface area contributed by atoms with Gasteiger partial charge in [-0.05, 0) is 13.8 Å². The summed E-state index contributed by atoms with van der Waals surface area (Å²) in [5, 5.41) is 43.5. The molecule has 0 fully saturated rings. The molecule has 0 saturated carbocycles. The number of hydrogen-bond donors (Lipinski definition) is 10. The van der Waals surface area contributed by atoms with E-state index in [0.717, 1.165) is 0 Å². The fourth-order valence-electron chi connectivity index (χ4n) is 2.22. The van der Waals surface area contributed by atoms with Crippen LogP contribution in [0.2, 0.25) is 0 Å². The van der Waals surface area contributed by atoms with E-state index >= 15 is 0 Å². The Morgan fingerprint density at radius 1 is 0.861 bits per heavy atom. The van der Waals surface area contributed by atoms with Crippen LogP contribution < -0.4 is 28.7 Å². The maximum atomic E-state index is 9.64. The zero-order valence-corrected chi connectivity index (χ0v) is 20.0. The van der Waals surface area contributed by atoms with Crippen LogP contribution in [0.1, 0.15) is 37.4 Å². The molecule has 15 N–H and O–H groups in total. The second-order valence-electron chi connectivity index (χ2n) is 6.88. The topological polar surface area (TPSA) is 317 Å². The summed E-state index contributed by atoms with van der Waals surface area (Å²) in [6.45, 7) is 9.59. The van der Waals surface area contributed by atoms with Crippen LogP contribution in [0.4, 0.5) is 23.4 Å². The Bertz CT molecular complexity index is 1200. The van der Waals surface area contributed by atoms with Gasteiger partial charge in [-0.3, -0.25) is 5.41 Å². The van der Waals surface area contributed by atoms with Crippen LogP contribution in [0.3, 0.4) is 0 Å². The summed E-state index contributed by atoms with van der Waals surface area (Å²) < 4.78 is 0. The molecular weight excluding hydrogens is 498 g/mol. The number of halogens is 1. The van der Waals surface area contributed by atoms with Crippen molar-refractivity contribution in [1.82, 2.24) is 29.9 Å². The molecule has 4 atom stereocenters. The Morgan fingerprint density at radius 2 is 1.33 bits per heavy atom. The third kappa shape index (κ3) is 9.21. The van der Waals surface area contributed by atoms with E-state index in [1.807, 2.05) is 0 Å². The molecule has 0 spiro atoms. The van der Waals surface area contributed by atoms with Gasteiger partial charge in [0.1, 0.15) is 18.0 Å². The van der Waals surface area contributed by atoms with Gasteiger partial charge in [0.05, 0.1) is 30.3 Å². The first kappa shape index (κ1) is 31.8. The highest BCUT2D eigenvalue weighted by molar-refractivity contribution is 5.85. The van der Waals surface area contributed by atoms with E-state index in [-0.39, 0.29) is 64.3 Å². The molecule has 36 heavy (non-hydrogen) atoms. The van der Waals surface area contributed by atoms with Gasteiger partial charge >= 0.3 is 5.82 Å². The van der Waals surface area contributed by atoms with Crippen molar-refractivity contribution in [3.63, 3.8) is 0 Å². The highest BCUT2D eigenvalue weighted by Gasteiger charge is 2.20. The summed E-state index contributed by atoms with van der Waals surface area (Å²) in [5.74, 6) is -0.295. The van der Waals surface area contributed by atoms with Gasteiger partial charge in [0.15, 0.2) is 28.6 Å². The number of aliphatic hydroxyl groups excluding tert-OH is 4. The first-order valence-electron chi connectivity index (χ1n) is 9.65. The number of rotatable bonds is 4. The largest absolute Gasteiger partial charge is 0.391 e. The molecule has 3 heterocycles. The van der Waals surface area contributed by atoms with Gasteiger partial charge < -0.3 is 53.9 Å². The van der Waals surface area contributed by atoms with Crippen LogP contribution >= 0.6 is 12.4 Å². The van der Waals surface area contributed by atoms with Crippen molar-refractivity contribution in [3.8, 4) is 0 Å². The quantitative estimate of drug-likeness (QED) is 0.103. The van der Waals surface area contributed by atoms with Gasteiger partial charge in [-0.2, -0.15) is 9.97 Å². The van der Waals surface area contributed by atoms with E-state index in [1.165, 1.54) is 26.2 Å². The Balaban J connectivity index is 0.000000587. The van der Waals surface area contributed by atoms with Crippen molar-refractivity contribution >= 4 is 52.9 Å². The number of aliphatic hydroxyl groups is 4. The summed E-state index contributed by atoms with van der Waals surface area (Å²) in [4.78, 5) is 26.1. The molecule has 0 bridgehead atoms. The lowest BCUT2D eigenvalue weighted by Crippen LogP contribution is -2.20. The van der Waals surface area contributed by atoms with E-state index in [1.54, 1.807) is 0 Å². The first-order chi connectivity index (χ1) is 16.3. The van der Waals surface area contributed by atoms with Crippen LogP contribution in [-0.4, -0.2) is 68.5 Å². The highest BCUT2D eigenvalue weighted by atomic mass is 35.5. The Hall–Kier alpha value is -4.21. The summed E-state index contributed by atoms with van der Waals surface area (Å²) in [5.41, 5.74) is 26.2. The average Bonchev–Trinajstić information content (AvgIpc) is 2.78. The number of hydrogen-bond acceptors (Lipinski definition) is 14. The molecule has 3 aromatic rings. The van der Waals surface area contributed by atoms with Crippen molar-refractivity contribution in [3.05, 3.63) is 35.2 Å². The molecule has 17 nitrogen and oxygen atoms in total. The van der Waals surface area contributed by atoms with E-state index in [2.05, 4.69) is 46.2 Å². The SMILES string of the molecule is C[C@H](O)[C@H](O)c1cnc2nc(N)nc(N)c2n1.Cl.N=C(N)N.[C-]#[N+]c1nc([C@@H](O)[C@H](C)O)cnc1N. The second-order valence-corrected chi connectivity index (χ2v) is 6.88. The third-order valence-corrected chi connectivity index (χ3v) is 3.90. The van der Waals surface area contributed by atoms with Crippen molar-refractivity contribution in [2.24, 2.45) is 11.5 Å². The molecule has 18 heteroatoms. The Morgan fingerprint density at radius 3 is 1.81 bits per heavy atom. The summed E-state index contributed by atoms with van der Waals surface area (Å²) in [6, 6.07) is 0. The predicted molar refractivity (Wildman–Crippen MR) is 133 cm³/mol. The van der Waals surface area contributed by atoms with Crippen molar-refractivity contribution in [2.45, 2.75) is 38.3 Å². The fourth-order valence-corrected chi connectivity index (χ4v) is 2.22. The molecule has 0 saturated heterocycles. The number of nitrogens with one attached hydrogen (secondary N) is 1. The van der Waals surface area contributed by atoms with Crippen molar-refractivity contribution < 1.29 is 20.4 Å². The van der Waals surface area contributed by atoms with Crippen LogP contribution in [0.5, 0.6) is 0 Å². The Labute approximate surface area is 211 Å². The number of fused-ring (bicyclic) bond motifs is 1. The first-order valence-corrected chi connectivity index (χ1v) is 9.65. The molecular formula is C18H28ClN13O4. The molecule has 0 aliphatic rings. The van der Waals surface area contributed by atoms with Gasteiger partial charge in [0, 0.05) is 0 Å². The minimum atomic E-state index is -1.15. The molecule has 3 aromatic heterocycles. The zero-order valence-electron chi connectivity index (χ0n) is 19.2. The summed E-state index contributed by atoms with van der Waals surface area (Å²) >= 11 is 0. The lowest BCUT2D eigenvalue weighted by molar-refractivity contribution is 0.0277. The van der Waals surface area contributed by atoms with Gasteiger partial charge in [0.25, 0.3) is 0 Å². The number of nitrogens with two attached hydrogens (primary N) is 5. The van der Waals surface area contributed by atoms with Crippen LogP contribution in [-0.2, 0) is 0 Å². The van der Waals surface area contributed by atoms with E-state index in [9.17, 15) is 15.3 Å². The zero-order chi connectivity index (χ0) is 26.9. The normalized spacial score (nSPS) is 13.2. The number of anilines is 3. The lowest BCUT2D eigenvalue weighted by atomic mass is 10.2. The molecule has 0 aliphatic heterocycles. The fraction of sp³-hybridized carbons (Fsp3) is 0.333. The van der Waals surface area contributed by atoms with Gasteiger partial charge in [-0.25, -0.2) is 15.0 Å². The highest BCUT2D eigenvalue weighted by Crippen LogP contribution is 2.21. The molecule has 0 amide bonds. The summed E-state index contributed by atoms with van der Waals surface area (Å²) in [7, 11) is 0. The van der Waals surface area contributed by atoms with Crippen molar-refractivity contribution in [1.29, 1.82) is 5.41 Å². The number of nitrogens with zero attached hydrogens (tertiary/aromatic N) is 7. The average molecular weight is 526 g/mol. The number of guanidine groups is 1. The lowest BCUT2D eigenvalue weighted by Gasteiger charge is -2.12. The molecule has 3 rings (SSSR count). The van der Waals surface area contributed by atoms with Crippen LogP contribution in [0.15, 0.2) is 12.4 Å². The standard InChI is InChI=1S/C9H12N6O2.C8H10N4O2.CH5N3.ClH/c1-3(16)6(17)4-2-12-8-5(13-4)7(10)14-9(11)15-8;1-4(13)6(14)5-3-11-7(9)8(10-2)12-5;2-1(3)4;/h2-3,6,16-17H,1H3,(H4,10,11,12,14,15);3-4,6,13-14H,1H3,(H2,9,11);(H5,2,3,4);1H/t3-,6-;4-,6-;;/m00../s1. The summed E-state index contributed by atoms with van der Waals surface area (Å²) in [6.07, 6.45) is -1.66. The molecule has 0 aliphatic carbocycles. The maximum Gasteiger partial charge on any atom is 0.312 e. The monoisotopic (exact) mass is 525 g/mol. The van der Waals surface area contributed by atoms with Gasteiger partial charge in [0.2, 0.25) is 5.95 Å². The molecule has 196 valence electrons. The molecule has 0 unspecified atom stereocenters. The maximum absolute atomic E-state index is 9.64. The van der Waals surface area contributed by atoms with Crippen LogP contribution in [0, 0.1) is 12.0 Å². The van der Waals surface area contributed by atoms with Gasteiger partial charge in [-0.1, -0.05) is 6.57 Å². The smallest absolute Gasteiger partial charge is 0.312 e. The number of aromatic nitrogens is 6. The van der Waals surface area contributed by atoms with E-state index in [0.29, 0.717) is 0 Å². The second kappa shape index (κ2) is 14.2. The third-order valence-electron chi connectivity index (χ3n) is 3.90. The molecule has 0 aromatic carbocycles. The molecule has 0 radical (unpaired) electrons. The van der Waals surface area contributed by atoms with E-state index < -0.39 is 24.4 Å². The van der Waals surface area contributed by atoms with Crippen LogP contribution in [0.25, 0.3) is 16.0 Å². The van der Waals surface area contributed by atoms with Gasteiger partial charge in [-0.15, -0.1) is 17.4 Å². The minimum absolute atomic E-state index is 0.